The van der Waals surface area contributed by atoms with Crippen LogP contribution in [0.3, 0.4) is 0 Å². The van der Waals surface area contributed by atoms with Crippen LogP contribution in [0.4, 0.5) is 0 Å². The number of amides is 1. The Labute approximate surface area is 157 Å². The highest BCUT2D eigenvalue weighted by molar-refractivity contribution is 7.99. The molecule has 0 aromatic carbocycles. The van der Waals surface area contributed by atoms with Crippen LogP contribution in [0.25, 0.3) is 10.2 Å². The van der Waals surface area contributed by atoms with Crippen LogP contribution in [0.15, 0.2) is 22.3 Å². The average Bonchev–Trinajstić information content (AvgIpc) is 3.16. The molecule has 132 valence electrons. The molecule has 0 saturated heterocycles. The molecule has 0 saturated carbocycles. The number of fused-ring (bicyclic) bond motifs is 1. The highest BCUT2D eigenvalue weighted by Gasteiger charge is 2.12. The van der Waals surface area contributed by atoms with Crippen molar-refractivity contribution in [2.24, 2.45) is 0 Å². The van der Waals surface area contributed by atoms with Gasteiger partial charge in [0.15, 0.2) is 0 Å². The number of aromatic nitrogens is 2. The summed E-state index contributed by atoms with van der Waals surface area (Å²) < 4.78 is 0. The number of carbonyl (C=O) groups excluding carboxylic acids is 1. The van der Waals surface area contributed by atoms with Gasteiger partial charge in [-0.1, -0.05) is 6.07 Å². The highest BCUT2D eigenvalue weighted by Crippen LogP contribution is 2.26. The number of thiophene rings is 2. The van der Waals surface area contributed by atoms with Crippen molar-refractivity contribution in [3.63, 3.8) is 0 Å². The summed E-state index contributed by atoms with van der Waals surface area (Å²) in [6, 6.07) is 4.08. The van der Waals surface area contributed by atoms with E-state index in [0.717, 1.165) is 21.7 Å². The van der Waals surface area contributed by atoms with E-state index in [1.165, 1.54) is 28.0 Å². The standard InChI is InChI=1S/C17H19N3O2S3/c1-10-11(2)25-17-15(10)16(22)19-13(20-17)8-23-9-14(21)18-6-5-12-4-3-7-24-12/h3-4,7H,5-6,8-9H2,1-2H3,(H,18,21)(H,19,20,22). The van der Waals surface area contributed by atoms with E-state index >= 15 is 0 Å². The largest absolute Gasteiger partial charge is 0.355 e. The Balaban J connectivity index is 1.49. The third-order valence-corrected chi connectivity index (χ3v) is 6.81. The summed E-state index contributed by atoms with van der Waals surface area (Å²) in [5, 5.41) is 5.63. The van der Waals surface area contributed by atoms with E-state index in [2.05, 4.69) is 21.4 Å². The molecule has 1 amide bonds. The zero-order chi connectivity index (χ0) is 17.8. The maximum Gasteiger partial charge on any atom is 0.259 e. The molecule has 0 bridgehead atoms. The summed E-state index contributed by atoms with van der Waals surface area (Å²) in [6.45, 7) is 4.59. The van der Waals surface area contributed by atoms with Crippen molar-refractivity contribution < 1.29 is 4.79 Å². The van der Waals surface area contributed by atoms with Crippen molar-refractivity contribution in [2.45, 2.75) is 26.0 Å². The Bertz CT molecular complexity index is 929. The van der Waals surface area contributed by atoms with Gasteiger partial charge in [0.25, 0.3) is 5.56 Å². The van der Waals surface area contributed by atoms with Gasteiger partial charge < -0.3 is 10.3 Å². The second-order valence-corrected chi connectivity index (χ2v) is 8.87. The Morgan fingerprint density at radius 1 is 1.40 bits per heavy atom. The smallest absolute Gasteiger partial charge is 0.259 e. The molecular weight excluding hydrogens is 374 g/mol. The second-order valence-electron chi connectivity index (χ2n) is 5.65. The molecule has 0 spiro atoms. The second kappa shape index (κ2) is 8.16. The Morgan fingerprint density at radius 2 is 2.24 bits per heavy atom. The molecule has 3 heterocycles. The fourth-order valence-electron chi connectivity index (χ4n) is 2.44. The summed E-state index contributed by atoms with van der Waals surface area (Å²) in [6.07, 6.45) is 0.858. The van der Waals surface area contributed by atoms with Crippen molar-refractivity contribution in [3.8, 4) is 0 Å². The zero-order valence-electron chi connectivity index (χ0n) is 14.0. The van der Waals surface area contributed by atoms with E-state index in [9.17, 15) is 9.59 Å². The molecule has 0 aliphatic heterocycles. The summed E-state index contributed by atoms with van der Waals surface area (Å²) in [7, 11) is 0. The Morgan fingerprint density at radius 3 is 3.00 bits per heavy atom. The number of carbonyl (C=O) groups is 1. The lowest BCUT2D eigenvalue weighted by Gasteiger charge is -2.04. The quantitative estimate of drug-likeness (QED) is 0.646. The lowest BCUT2D eigenvalue weighted by molar-refractivity contribution is -0.118. The van der Waals surface area contributed by atoms with E-state index in [0.29, 0.717) is 29.3 Å². The number of H-pyrrole nitrogens is 1. The van der Waals surface area contributed by atoms with Gasteiger partial charge in [0.05, 0.1) is 16.9 Å². The van der Waals surface area contributed by atoms with E-state index in [1.807, 2.05) is 25.3 Å². The maximum atomic E-state index is 12.2. The first kappa shape index (κ1) is 18.2. The Hall–Kier alpha value is -1.64. The first-order chi connectivity index (χ1) is 12.0. The van der Waals surface area contributed by atoms with Crippen molar-refractivity contribution in [3.05, 3.63) is 49.0 Å². The SMILES string of the molecule is Cc1sc2nc(CSCC(=O)NCCc3cccs3)[nH]c(=O)c2c1C. The molecule has 3 aromatic heterocycles. The van der Waals surface area contributed by atoms with E-state index in [4.69, 9.17) is 0 Å². The van der Waals surface area contributed by atoms with Gasteiger partial charge in [-0.25, -0.2) is 4.98 Å². The molecule has 3 rings (SSSR count). The molecule has 0 radical (unpaired) electrons. The first-order valence-electron chi connectivity index (χ1n) is 7.90. The normalized spacial score (nSPS) is 11.1. The van der Waals surface area contributed by atoms with Gasteiger partial charge >= 0.3 is 0 Å². The van der Waals surface area contributed by atoms with Crippen LogP contribution in [-0.2, 0) is 17.0 Å². The van der Waals surface area contributed by atoms with Gasteiger partial charge in [-0.2, -0.15) is 0 Å². The first-order valence-corrected chi connectivity index (χ1v) is 10.8. The summed E-state index contributed by atoms with van der Waals surface area (Å²) in [5.74, 6) is 1.50. The van der Waals surface area contributed by atoms with Crippen LogP contribution < -0.4 is 10.9 Å². The molecule has 8 heteroatoms. The molecule has 0 fully saturated rings. The molecule has 0 atom stereocenters. The lowest BCUT2D eigenvalue weighted by atomic mass is 10.2. The minimum atomic E-state index is -0.0946. The van der Waals surface area contributed by atoms with Crippen LogP contribution in [0, 0.1) is 13.8 Å². The van der Waals surface area contributed by atoms with Gasteiger partial charge in [-0.05, 0) is 37.3 Å². The summed E-state index contributed by atoms with van der Waals surface area (Å²) in [5.41, 5.74) is 0.904. The number of thioether (sulfide) groups is 1. The van der Waals surface area contributed by atoms with Crippen molar-refractivity contribution in [2.75, 3.05) is 12.3 Å². The monoisotopic (exact) mass is 393 g/mol. The summed E-state index contributed by atoms with van der Waals surface area (Å²) >= 11 is 4.69. The molecule has 3 aromatic rings. The van der Waals surface area contributed by atoms with Crippen molar-refractivity contribution in [1.82, 2.24) is 15.3 Å². The van der Waals surface area contributed by atoms with Gasteiger partial charge in [0.1, 0.15) is 10.7 Å². The maximum absolute atomic E-state index is 12.2. The number of nitrogens with zero attached hydrogens (tertiary/aromatic N) is 1. The minimum Gasteiger partial charge on any atom is -0.355 e. The van der Waals surface area contributed by atoms with Crippen LogP contribution in [0.5, 0.6) is 0 Å². The fourth-order valence-corrected chi connectivity index (χ4v) is 4.92. The van der Waals surface area contributed by atoms with E-state index in [-0.39, 0.29) is 11.5 Å². The van der Waals surface area contributed by atoms with Crippen LogP contribution >= 0.6 is 34.4 Å². The van der Waals surface area contributed by atoms with Crippen molar-refractivity contribution in [1.29, 1.82) is 0 Å². The highest BCUT2D eigenvalue weighted by atomic mass is 32.2. The molecule has 5 nitrogen and oxygen atoms in total. The molecule has 2 N–H and O–H groups in total. The van der Waals surface area contributed by atoms with E-state index in [1.54, 1.807) is 11.3 Å². The number of hydrogen-bond donors (Lipinski definition) is 2. The van der Waals surface area contributed by atoms with Gasteiger partial charge in [-0.15, -0.1) is 34.4 Å². The third-order valence-electron chi connectivity index (χ3n) is 3.83. The van der Waals surface area contributed by atoms with Crippen LogP contribution in [-0.4, -0.2) is 28.2 Å². The molecule has 0 unspecified atom stereocenters. The lowest BCUT2D eigenvalue weighted by Crippen LogP contribution is -2.27. The Kier molecular flexibility index (Phi) is 5.93. The molecule has 25 heavy (non-hydrogen) atoms. The number of rotatable bonds is 7. The third kappa shape index (κ3) is 4.50. The fraction of sp³-hybridized carbons (Fsp3) is 0.353. The number of aromatic amines is 1. The molecule has 0 aliphatic rings. The zero-order valence-corrected chi connectivity index (χ0v) is 16.5. The number of aryl methyl sites for hydroxylation is 2. The summed E-state index contributed by atoms with van der Waals surface area (Å²) in [4.78, 5) is 34.6. The topological polar surface area (TPSA) is 74.8 Å². The van der Waals surface area contributed by atoms with E-state index < -0.39 is 0 Å². The minimum absolute atomic E-state index is 0.00722. The van der Waals surface area contributed by atoms with Crippen LogP contribution in [0.1, 0.15) is 21.1 Å². The van der Waals surface area contributed by atoms with Gasteiger partial charge in [0, 0.05) is 16.3 Å². The predicted molar refractivity (Wildman–Crippen MR) is 107 cm³/mol. The molecule has 0 aliphatic carbocycles. The van der Waals surface area contributed by atoms with Gasteiger partial charge in [0.2, 0.25) is 5.91 Å². The predicted octanol–water partition coefficient (Wildman–Crippen LogP) is 3.26. The number of nitrogens with one attached hydrogen (secondary N) is 2. The average molecular weight is 394 g/mol. The van der Waals surface area contributed by atoms with Crippen LogP contribution in [0.2, 0.25) is 0 Å². The number of hydrogen-bond acceptors (Lipinski definition) is 6. The van der Waals surface area contributed by atoms with Gasteiger partial charge in [-0.3, -0.25) is 9.59 Å². The molecular formula is C17H19N3O2S3. The van der Waals surface area contributed by atoms with Crippen molar-refractivity contribution >= 4 is 50.6 Å².